The molecular formula is C12H18N2O2S2. The summed E-state index contributed by atoms with van der Waals surface area (Å²) in [4.78, 5) is 14.9. The maximum absolute atomic E-state index is 10.5. The highest BCUT2D eigenvalue weighted by atomic mass is 32.2. The smallest absolute Gasteiger partial charge is 0.303 e. The minimum atomic E-state index is -0.767. The van der Waals surface area contributed by atoms with Crippen molar-refractivity contribution >= 4 is 34.2 Å². The summed E-state index contributed by atoms with van der Waals surface area (Å²) in [5.74, 6) is -0.767. The van der Waals surface area contributed by atoms with Crippen molar-refractivity contribution in [3.63, 3.8) is 0 Å². The Hall–Kier alpha value is -0.750. The summed E-state index contributed by atoms with van der Waals surface area (Å²) in [6, 6.07) is 0.529. The van der Waals surface area contributed by atoms with Gasteiger partial charge in [0.2, 0.25) is 0 Å². The van der Waals surface area contributed by atoms with E-state index in [0.717, 1.165) is 16.1 Å². The largest absolute Gasteiger partial charge is 0.481 e. The molecule has 18 heavy (non-hydrogen) atoms. The molecule has 0 aliphatic heterocycles. The van der Waals surface area contributed by atoms with E-state index in [1.54, 1.807) is 11.3 Å². The van der Waals surface area contributed by atoms with Crippen LogP contribution in [-0.2, 0) is 11.2 Å². The van der Waals surface area contributed by atoms with Crippen molar-refractivity contribution in [2.24, 2.45) is 0 Å². The second-order valence-electron chi connectivity index (χ2n) is 4.55. The van der Waals surface area contributed by atoms with Crippen LogP contribution in [0, 0.1) is 0 Å². The molecule has 1 saturated carbocycles. The molecule has 1 heterocycles. The van der Waals surface area contributed by atoms with Gasteiger partial charge in [-0.25, -0.2) is 4.98 Å². The predicted molar refractivity (Wildman–Crippen MR) is 76.6 cm³/mol. The number of aryl methyl sites for hydroxylation is 1. The summed E-state index contributed by atoms with van der Waals surface area (Å²) in [6.45, 7) is 0. The van der Waals surface area contributed by atoms with E-state index in [2.05, 4.69) is 16.6 Å². The third-order valence-electron chi connectivity index (χ3n) is 3.19. The number of nitrogens with zero attached hydrogens (tertiary/aromatic N) is 1. The topological polar surface area (TPSA) is 62.2 Å². The Kier molecular flexibility index (Phi) is 4.88. The lowest BCUT2D eigenvalue weighted by Gasteiger charge is -2.11. The molecule has 0 spiro atoms. The summed E-state index contributed by atoms with van der Waals surface area (Å²) >= 11 is 3.52. The first kappa shape index (κ1) is 13.7. The molecule has 1 aromatic heterocycles. The van der Waals surface area contributed by atoms with Gasteiger partial charge in [0.25, 0.3) is 0 Å². The van der Waals surface area contributed by atoms with E-state index >= 15 is 0 Å². The Morgan fingerprint density at radius 2 is 2.50 bits per heavy atom. The van der Waals surface area contributed by atoms with Crippen LogP contribution in [0.15, 0.2) is 5.38 Å². The number of aromatic nitrogens is 1. The molecule has 6 heteroatoms. The molecule has 2 unspecified atom stereocenters. The fourth-order valence-corrected chi connectivity index (χ4v) is 3.80. The lowest BCUT2D eigenvalue weighted by atomic mass is 10.2. The van der Waals surface area contributed by atoms with Gasteiger partial charge in [-0.1, -0.05) is 0 Å². The molecule has 2 N–H and O–H groups in total. The van der Waals surface area contributed by atoms with Crippen LogP contribution in [-0.4, -0.2) is 33.6 Å². The van der Waals surface area contributed by atoms with Crippen molar-refractivity contribution in [3.8, 4) is 0 Å². The first-order valence-electron chi connectivity index (χ1n) is 6.13. The number of anilines is 1. The molecule has 0 aromatic carbocycles. The Morgan fingerprint density at radius 1 is 1.67 bits per heavy atom. The fourth-order valence-electron chi connectivity index (χ4n) is 2.18. The molecule has 4 nitrogen and oxygen atoms in total. The molecule has 0 amide bonds. The third-order valence-corrected chi connectivity index (χ3v) is 5.11. The standard InChI is InChI=1S/C12H18N2O2S2/c1-17-10-4-2-8(6-10)13-12-14-9(7-18-12)3-5-11(15)16/h7-8,10H,2-6H2,1H3,(H,13,14)(H,15,16). The monoisotopic (exact) mass is 286 g/mol. The van der Waals surface area contributed by atoms with Gasteiger partial charge in [0.15, 0.2) is 5.13 Å². The number of hydrogen-bond donors (Lipinski definition) is 2. The number of carboxylic acids is 1. The molecule has 1 fully saturated rings. The second-order valence-corrected chi connectivity index (χ2v) is 6.55. The Labute approximate surface area is 115 Å². The highest BCUT2D eigenvalue weighted by Gasteiger charge is 2.24. The first-order chi connectivity index (χ1) is 8.67. The number of thiazole rings is 1. The maximum Gasteiger partial charge on any atom is 0.303 e. The van der Waals surface area contributed by atoms with Crippen LogP contribution in [0.1, 0.15) is 31.4 Å². The second kappa shape index (κ2) is 6.43. The number of thioether (sulfide) groups is 1. The van der Waals surface area contributed by atoms with Gasteiger partial charge in [0.05, 0.1) is 12.1 Å². The molecule has 1 aliphatic rings. The molecular weight excluding hydrogens is 268 g/mol. The summed E-state index contributed by atoms with van der Waals surface area (Å²) in [7, 11) is 0. The van der Waals surface area contributed by atoms with Crippen molar-refractivity contribution in [1.82, 2.24) is 4.98 Å². The molecule has 1 aromatic rings. The lowest BCUT2D eigenvalue weighted by molar-refractivity contribution is -0.136. The minimum absolute atomic E-state index is 0.154. The summed E-state index contributed by atoms with van der Waals surface area (Å²) in [5.41, 5.74) is 0.879. The first-order valence-corrected chi connectivity index (χ1v) is 8.29. The fraction of sp³-hybridized carbons (Fsp3) is 0.667. The molecule has 0 radical (unpaired) electrons. The van der Waals surface area contributed by atoms with E-state index in [1.165, 1.54) is 19.3 Å². The van der Waals surface area contributed by atoms with E-state index in [1.807, 2.05) is 17.1 Å². The summed E-state index contributed by atoms with van der Waals surface area (Å²) in [5, 5.41) is 15.7. The molecule has 2 atom stereocenters. The van der Waals surface area contributed by atoms with Crippen LogP contribution in [0.3, 0.4) is 0 Å². The van der Waals surface area contributed by atoms with Crippen LogP contribution in [0.4, 0.5) is 5.13 Å². The lowest BCUT2D eigenvalue weighted by Crippen LogP contribution is -2.15. The van der Waals surface area contributed by atoms with Crippen LogP contribution in [0.25, 0.3) is 0 Å². The van der Waals surface area contributed by atoms with Crippen molar-refractivity contribution in [3.05, 3.63) is 11.1 Å². The average molecular weight is 286 g/mol. The van der Waals surface area contributed by atoms with Gasteiger partial charge >= 0.3 is 5.97 Å². The van der Waals surface area contributed by atoms with E-state index in [-0.39, 0.29) is 6.42 Å². The number of nitrogens with one attached hydrogen (secondary N) is 1. The molecule has 0 bridgehead atoms. The number of carboxylic acid groups (broad SMARTS) is 1. The number of aliphatic carboxylic acids is 1. The summed E-state index contributed by atoms with van der Waals surface area (Å²) in [6.07, 6.45) is 6.52. The Morgan fingerprint density at radius 3 is 3.17 bits per heavy atom. The van der Waals surface area contributed by atoms with Crippen LogP contribution < -0.4 is 5.32 Å². The van der Waals surface area contributed by atoms with Crippen LogP contribution >= 0.6 is 23.1 Å². The van der Waals surface area contributed by atoms with Gasteiger partial charge in [0.1, 0.15) is 0 Å². The van der Waals surface area contributed by atoms with Gasteiger partial charge in [-0.3, -0.25) is 4.79 Å². The highest BCUT2D eigenvalue weighted by Crippen LogP contribution is 2.31. The van der Waals surface area contributed by atoms with E-state index in [9.17, 15) is 4.79 Å². The molecule has 100 valence electrons. The minimum Gasteiger partial charge on any atom is -0.481 e. The SMILES string of the molecule is CSC1CCC(Nc2nc(CCC(=O)O)cs2)C1. The van der Waals surface area contributed by atoms with Crippen LogP contribution in [0.5, 0.6) is 0 Å². The number of rotatable bonds is 6. The van der Waals surface area contributed by atoms with Crippen LogP contribution in [0.2, 0.25) is 0 Å². The number of hydrogen-bond acceptors (Lipinski definition) is 5. The van der Waals surface area contributed by atoms with Crippen molar-refractivity contribution < 1.29 is 9.90 Å². The predicted octanol–water partition coefficient (Wildman–Crippen LogP) is 2.86. The summed E-state index contributed by atoms with van der Waals surface area (Å²) < 4.78 is 0. The average Bonchev–Trinajstić information content (AvgIpc) is 2.96. The van der Waals surface area contributed by atoms with Gasteiger partial charge in [-0.05, 0) is 25.5 Å². The molecule has 2 rings (SSSR count). The zero-order valence-corrected chi connectivity index (χ0v) is 12.0. The van der Waals surface area contributed by atoms with E-state index < -0.39 is 5.97 Å². The van der Waals surface area contributed by atoms with Gasteiger partial charge in [-0.15, -0.1) is 11.3 Å². The van der Waals surface area contributed by atoms with Gasteiger partial charge in [-0.2, -0.15) is 11.8 Å². The normalized spacial score (nSPS) is 23.2. The maximum atomic E-state index is 10.5. The Balaban J connectivity index is 1.81. The molecule has 1 aliphatic carbocycles. The van der Waals surface area contributed by atoms with Gasteiger partial charge < -0.3 is 10.4 Å². The third kappa shape index (κ3) is 3.88. The van der Waals surface area contributed by atoms with Crippen molar-refractivity contribution in [1.29, 1.82) is 0 Å². The molecule has 0 saturated heterocycles. The van der Waals surface area contributed by atoms with Crippen molar-refractivity contribution in [2.45, 2.75) is 43.4 Å². The zero-order valence-electron chi connectivity index (χ0n) is 10.4. The highest BCUT2D eigenvalue weighted by molar-refractivity contribution is 7.99. The van der Waals surface area contributed by atoms with E-state index in [4.69, 9.17) is 5.11 Å². The Bertz CT molecular complexity index is 409. The van der Waals surface area contributed by atoms with E-state index in [0.29, 0.717) is 12.5 Å². The van der Waals surface area contributed by atoms with Crippen molar-refractivity contribution in [2.75, 3.05) is 11.6 Å². The quantitative estimate of drug-likeness (QED) is 0.842. The number of carbonyl (C=O) groups is 1. The van der Waals surface area contributed by atoms with Gasteiger partial charge in [0, 0.05) is 23.1 Å². The zero-order chi connectivity index (χ0) is 13.0.